The van der Waals surface area contributed by atoms with E-state index in [0.717, 1.165) is 25.0 Å². The highest BCUT2D eigenvalue weighted by molar-refractivity contribution is 9.09. The lowest BCUT2D eigenvalue weighted by Crippen LogP contribution is -2.27. The topological polar surface area (TPSA) is 15.3 Å². The summed E-state index contributed by atoms with van der Waals surface area (Å²) in [6.07, 6.45) is 0. The van der Waals surface area contributed by atoms with Crippen LogP contribution in [0, 0.1) is 0 Å². The fraction of sp³-hybridized carbons (Fsp3) is 1.00. The van der Waals surface area contributed by atoms with Crippen molar-refractivity contribution in [1.29, 1.82) is 0 Å². The molecule has 0 aliphatic heterocycles. The number of hydrogen-bond donors (Lipinski definition) is 1. The molecular weight excluding hydrogens is 340 g/mol. The van der Waals surface area contributed by atoms with Gasteiger partial charge in [0, 0.05) is 25.0 Å². The number of alkyl halides is 1. The average molecular weight is 357 g/mol. The predicted molar refractivity (Wildman–Crippen MR) is 65.9 cm³/mol. The standard InChI is InChI=1S/C6H15BrN2.2BrH/c1-9(2)6-5-8-4-3-7;;/h8H,3-6H2,1-2H3;2*1H. The van der Waals surface area contributed by atoms with Gasteiger partial charge in [-0.25, -0.2) is 0 Å². The van der Waals surface area contributed by atoms with Gasteiger partial charge < -0.3 is 10.2 Å². The van der Waals surface area contributed by atoms with Crippen LogP contribution in [0.4, 0.5) is 0 Å². The number of rotatable bonds is 5. The van der Waals surface area contributed by atoms with E-state index in [1.54, 1.807) is 0 Å². The number of hydrogen-bond acceptors (Lipinski definition) is 2. The lowest BCUT2D eigenvalue weighted by Gasteiger charge is -2.08. The third kappa shape index (κ3) is 18.4. The third-order valence-corrected chi connectivity index (χ3v) is 1.40. The van der Waals surface area contributed by atoms with Crippen molar-refractivity contribution in [3.05, 3.63) is 0 Å². The van der Waals surface area contributed by atoms with E-state index in [-0.39, 0.29) is 34.0 Å². The summed E-state index contributed by atoms with van der Waals surface area (Å²) in [7, 11) is 4.16. The van der Waals surface area contributed by atoms with Gasteiger partial charge in [0.2, 0.25) is 0 Å². The highest BCUT2D eigenvalue weighted by atomic mass is 79.9. The molecule has 0 aromatic heterocycles. The molecule has 5 heteroatoms. The maximum Gasteiger partial charge on any atom is 0.0157 e. The summed E-state index contributed by atoms with van der Waals surface area (Å²) in [5, 5.41) is 4.32. The van der Waals surface area contributed by atoms with Crippen LogP contribution in [-0.4, -0.2) is 44.0 Å². The molecule has 0 spiro atoms. The first-order valence-electron chi connectivity index (χ1n) is 3.19. The van der Waals surface area contributed by atoms with Crippen molar-refractivity contribution in [3.63, 3.8) is 0 Å². The molecule has 0 aromatic carbocycles. The van der Waals surface area contributed by atoms with Gasteiger partial charge in [0.05, 0.1) is 0 Å². The molecule has 0 radical (unpaired) electrons. The highest BCUT2D eigenvalue weighted by Gasteiger charge is 1.86. The first-order chi connectivity index (χ1) is 4.27. The molecule has 0 atom stereocenters. The summed E-state index contributed by atoms with van der Waals surface area (Å²) in [5.74, 6) is 0. The van der Waals surface area contributed by atoms with Gasteiger partial charge in [-0.05, 0) is 14.1 Å². The van der Waals surface area contributed by atoms with Crippen molar-refractivity contribution in [2.45, 2.75) is 0 Å². The summed E-state index contributed by atoms with van der Waals surface area (Å²) in [4.78, 5) is 2.17. The van der Waals surface area contributed by atoms with E-state index in [9.17, 15) is 0 Å². The summed E-state index contributed by atoms with van der Waals surface area (Å²) >= 11 is 3.34. The van der Waals surface area contributed by atoms with E-state index in [1.807, 2.05) is 0 Å². The third-order valence-electron chi connectivity index (χ3n) is 1.01. The Morgan fingerprint density at radius 1 is 1.18 bits per heavy atom. The molecule has 0 saturated heterocycles. The normalized spacial score (nSPS) is 8.73. The van der Waals surface area contributed by atoms with Crippen LogP contribution in [0.1, 0.15) is 0 Å². The Balaban J connectivity index is -0.000000320. The molecule has 0 fully saturated rings. The van der Waals surface area contributed by atoms with Crippen molar-refractivity contribution in [2.24, 2.45) is 0 Å². The molecule has 11 heavy (non-hydrogen) atoms. The Kier molecular flexibility index (Phi) is 23.0. The predicted octanol–water partition coefficient (Wildman–Crippen LogP) is 1.69. The molecule has 0 heterocycles. The Labute approximate surface area is 98.8 Å². The zero-order chi connectivity index (χ0) is 7.11. The lowest BCUT2D eigenvalue weighted by atomic mass is 10.5. The van der Waals surface area contributed by atoms with Crippen LogP contribution in [0.25, 0.3) is 0 Å². The molecule has 0 bridgehead atoms. The minimum atomic E-state index is 0. The van der Waals surface area contributed by atoms with Gasteiger partial charge in [0.15, 0.2) is 0 Å². The molecule has 0 aliphatic carbocycles. The number of halogens is 3. The number of nitrogens with one attached hydrogen (secondary N) is 1. The lowest BCUT2D eigenvalue weighted by molar-refractivity contribution is 0.403. The van der Waals surface area contributed by atoms with Gasteiger partial charge in [0.1, 0.15) is 0 Å². The molecule has 0 rings (SSSR count). The zero-order valence-corrected chi connectivity index (χ0v) is 12.0. The van der Waals surface area contributed by atoms with Crippen LogP contribution < -0.4 is 5.32 Å². The van der Waals surface area contributed by atoms with Gasteiger partial charge in [-0.1, -0.05) is 15.9 Å². The van der Waals surface area contributed by atoms with Crippen LogP contribution in [0.3, 0.4) is 0 Å². The highest BCUT2D eigenvalue weighted by Crippen LogP contribution is 1.75. The Morgan fingerprint density at radius 2 is 1.73 bits per heavy atom. The smallest absolute Gasteiger partial charge is 0.0157 e. The van der Waals surface area contributed by atoms with Crippen LogP contribution in [-0.2, 0) is 0 Å². The summed E-state index contributed by atoms with van der Waals surface area (Å²) in [6.45, 7) is 3.26. The van der Waals surface area contributed by atoms with Crippen molar-refractivity contribution in [3.8, 4) is 0 Å². The molecule has 0 aliphatic rings. The second-order valence-corrected chi connectivity index (χ2v) is 3.04. The minimum Gasteiger partial charge on any atom is -0.315 e. The van der Waals surface area contributed by atoms with Crippen LogP contribution in [0.15, 0.2) is 0 Å². The second kappa shape index (κ2) is 13.9. The fourth-order valence-electron chi connectivity index (χ4n) is 0.494. The van der Waals surface area contributed by atoms with Crippen molar-refractivity contribution in [1.82, 2.24) is 10.2 Å². The van der Waals surface area contributed by atoms with E-state index >= 15 is 0 Å². The Bertz CT molecular complexity index is 61.8. The van der Waals surface area contributed by atoms with Gasteiger partial charge in [-0.2, -0.15) is 0 Å². The number of nitrogens with zero attached hydrogens (tertiary/aromatic N) is 1. The molecule has 0 aromatic rings. The largest absolute Gasteiger partial charge is 0.315 e. The molecule has 2 nitrogen and oxygen atoms in total. The van der Waals surface area contributed by atoms with E-state index < -0.39 is 0 Å². The summed E-state index contributed by atoms with van der Waals surface area (Å²) in [5.41, 5.74) is 0. The van der Waals surface area contributed by atoms with E-state index in [1.165, 1.54) is 0 Å². The van der Waals surface area contributed by atoms with Gasteiger partial charge >= 0.3 is 0 Å². The fourth-order valence-corrected chi connectivity index (χ4v) is 0.775. The van der Waals surface area contributed by atoms with Crippen LogP contribution >= 0.6 is 49.9 Å². The Morgan fingerprint density at radius 3 is 2.09 bits per heavy atom. The molecule has 72 valence electrons. The maximum atomic E-state index is 3.34. The SMILES string of the molecule is Br.Br.CN(C)CCNCCBr. The molecule has 1 N–H and O–H groups in total. The van der Waals surface area contributed by atoms with Crippen LogP contribution in [0.5, 0.6) is 0 Å². The van der Waals surface area contributed by atoms with Gasteiger partial charge in [-0.3, -0.25) is 0 Å². The maximum absolute atomic E-state index is 3.34. The minimum absolute atomic E-state index is 0. The van der Waals surface area contributed by atoms with Crippen molar-refractivity contribution in [2.75, 3.05) is 39.1 Å². The Hall–Kier alpha value is 1.36. The van der Waals surface area contributed by atoms with E-state index in [0.29, 0.717) is 0 Å². The summed E-state index contributed by atoms with van der Waals surface area (Å²) in [6, 6.07) is 0. The van der Waals surface area contributed by atoms with Crippen molar-refractivity contribution < 1.29 is 0 Å². The van der Waals surface area contributed by atoms with Gasteiger partial charge in [0.25, 0.3) is 0 Å². The van der Waals surface area contributed by atoms with Gasteiger partial charge in [-0.15, -0.1) is 34.0 Å². The zero-order valence-electron chi connectivity index (χ0n) is 6.97. The van der Waals surface area contributed by atoms with E-state index in [4.69, 9.17) is 0 Å². The molecular formula is C6H17Br3N2. The van der Waals surface area contributed by atoms with Crippen LogP contribution in [0.2, 0.25) is 0 Å². The molecule has 0 amide bonds. The van der Waals surface area contributed by atoms with Crippen molar-refractivity contribution >= 4 is 49.9 Å². The summed E-state index contributed by atoms with van der Waals surface area (Å²) < 4.78 is 0. The molecule has 0 unspecified atom stereocenters. The second-order valence-electron chi connectivity index (χ2n) is 2.24. The first kappa shape index (κ1) is 18.2. The average Bonchev–Trinajstić information content (AvgIpc) is 1.80. The monoisotopic (exact) mass is 354 g/mol. The number of likely N-dealkylation sites (N-methyl/N-ethyl adjacent to an activating group) is 1. The first-order valence-corrected chi connectivity index (χ1v) is 4.31. The quantitative estimate of drug-likeness (QED) is 0.595. The molecule has 0 saturated carbocycles. The van der Waals surface area contributed by atoms with E-state index in [2.05, 4.69) is 40.2 Å².